The Balaban J connectivity index is 0.863. The minimum Gasteiger partial charge on any atom is -0.445 e. The molecular weight excluding hydrogens is 1320 g/mol. The van der Waals surface area contributed by atoms with Crippen LogP contribution in [0.1, 0.15) is 90.1 Å². The molecule has 9 rings (SSSR count). The number of amides is 1. The fourth-order valence-corrected chi connectivity index (χ4v) is 17.1. The molecule has 0 radical (unpaired) electrons. The molecule has 21 nitrogen and oxygen atoms in total. The Kier molecular flexibility index (Phi) is 29.4. The van der Waals surface area contributed by atoms with Crippen LogP contribution in [0.4, 0.5) is 4.79 Å². The Labute approximate surface area is 580 Å². The van der Waals surface area contributed by atoms with Gasteiger partial charge in [-0.25, -0.2) is 4.79 Å². The zero-order valence-electron chi connectivity index (χ0n) is 58.8. The molecule has 23 atom stereocenters. The molecule has 540 valence electrons. The molecule has 98 heavy (non-hydrogen) atoms. The Morgan fingerprint density at radius 1 is 0.347 bits per heavy atom. The number of benzene rings is 5. The number of rotatable bonds is 34. The van der Waals surface area contributed by atoms with E-state index in [1.54, 1.807) is 0 Å². The quantitative estimate of drug-likeness (QED) is 0.0298. The van der Waals surface area contributed by atoms with Gasteiger partial charge in [-0.15, -0.1) is 0 Å². The molecule has 4 aliphatic rings. The van der Waals surface area contributed by atoms with Crippen LogP contribution in [-0.4, -0.2) is 134 Å². The second kappa shape index (κ2) is 37.1. The Hall–Kier alpha value is -4.54. The Morgan fingerprint density at radius 3 is 0.959 bits per heavy atom. The summed E-state index contributed by atoms with van der Waals surface area (Å²) in [6.07, 6.45) is -9.86. The van der Waals surface area contributed by atoms with E-state index in [0.717, 1.165) is 27.8 Å². The van der Waals surface area contributed by atoms with Gasteiger partial charge in [0, 0.05) is 50.2 Å². The summed E-state index contributed by atoms with van der Waals surface area (Å²) in [4.78, 5) is 12.5. The van der Waals surface area contributed by atoms with Gasteiger partial charge in [0.15, 0.2) is 25.2 Å². The molecule has 0 bridgehead atoms. The Bertz CT molecular complexity index is 3310. The zero-order chi connectivity index (χ0) is 70.0. The number of carbonyl (C=O) groups is 1. The van der Waals surface area contributed by atoms with Crippen molar-refractivity contribution >= 4 is 28.9 Å². The number of ether oxygens (including phenoxy) is 10. The highest BCUT2D eigenvalue weighted by Gasteiger charge is 2.53. The average Bonchev–Trinajstić information content (AvgIpc) is 0.787. The van der Waals surface area contributed by atoms with E-state index in [1.807, 2.05) is 200 Å². The summed E-state index contributed by atoms with van der Waals surface area (Å²) >= 11 is 0. The zero-order valence-corrected chi connectivity index (χ0v) is 61.4. The maximum absolute atomic E-state index is 15.2. The van der Waals surface area contributed by atoms with Gasteiger partial charge in [-0.1, -0.05) is 214 Å². The molecule has 1 amide bonds. The summed E-state index contributed by atoms with van der Waals surface area (Å²) < 4.78 is 148. The lowest BCUT2D eigenvalue weighted by atomic mass is 9.79. The van der Waals surface area contributed by atoms with Crippen molar-refractivity contribution in [3.05, 3.63) is 179 Å². The average molecular weight is 1420 g/mol. The monoisotopic (exact) mass is 1420 g/mol. The maximum atomic E-state index is 15.2. The van der Waals surface area contributed by atoms with E-state index in [4.69, 9.17) is 74.5 Å². The molecule has 4 fully saturated rings. The van der Waals surface area contributed by atoms with E-state index < -0.39 is 114 Å². The summed E-state index contributed by atoms with van der Waals surface area (Å²) in [6, 6.07) is 48.4. The molecule has 4 aliphatic heterocycles. The number of nitrogens with one attached hydrogen (secondary N) is 1. The molecule has 0 aliphatic carbocycles. The van der Waals surface area contributed by atoms with E-state index in [0.29, 0.717) is 13.2 Å². The molecule has 5 aromatic rings. The van der Waals surface area contributed by atoms with Gasteiger partial charge in [0.2, 0.25) is 0 Å². The number of hydrogen-bond donors (Lipinski definition) is 1. The third kappa shape index (κ3) is 22.7. The molecule has 4 heterocycles. The van der Waals surface area contributed by atoms with Crippen LogP contribution < -0.4 is 5.32 Å². The van der Waals surface area contributed by atoms with E-state index in [1.165, 1.54) is 20.0 Å². The van der Waals surface area contributed by atoms with Crippen LogP contribution >= 0.6 is 22.8 Å². The first-order valence-electron chi connectivity index (χ1n) is 34.4. The predicted octanol–water partition coefficient (Wildman–Crippen LogP) is 15.1. The van der Waals surface area contributed by atoms with Gasteiger partial charge in [0.1, 0.15) is 24.9 Å². The van der Waals surface area contributed by atoms with Gasteiger partial charge >= 0.3 is 28.9 Å². The molecule has 0 spiro atoms. The lowest BCUT2D eigenvalue weighted by Gasteiger charge is -2.47. The highest BCUT2D eigenvalue weighted by molar-refractivity contribution is 7.53. The van der Waals surface area contributed by atoms with Crippen molar-refractivity contribution in [3.63, 3.8) is 0 Å². The van der Waals surface area contributed by atoms with Crippen LogP contribution in [0.5, 0.6) is 0 Å². The van der Waals surface area contributed by atoms with E-state index in [9.17, 15) is 9.36 Å². The van der Waals surface area contributed by atoms with Crippen LogP contribution in [-0.2, 0) is 121 Å². The fourth-order valence-electron chi connectivity index (χ4n) is 12.8. The van der Waals surface area contributed by atoms with E-state index in [-0.39, 0.29) is 95.1 Å². The van der Waals surface area contributed by atoms with Crippen LogP contribution in [0.3, 0.4) is 0 Å². The third-order valence-corrected chi connectivity index (χ3v) is 23.3. The fraction of sp³-hybridized carbons (Fsp3) is 0.581. The summed E-state index contributed by atoms with van der Waals surface area (Å²) in [5.74, 6) is -2.37. The van der Waals surface area contributed by atoms with Crippen molar-refractivity contribution in [2.75, 3.05) is 59.6 Å². The molecule has 1 N–H and O–H groups in total. The van der Waals surface area contributed by atoms with Crippen LogP contribution in [0.25, 0.3) is 0 Å². The summed E-state index contributed by atoms with van der Waals surface area (Å²) in [5.41, 5.74) is 4.72. The topological polar surface area (TPSA) is 228 Å². The molecular formula is C74H104NO20P3. The SMILES string of the molecule is CC1[C@@H](OP(C)(=O)O[C@@H]2C(COCc3ccccc3)O[C@H](OP(C)(=O)O[C@@H]3C(COCc4ccccc4)O[C@H](OP(C)(=O)O[C@@H]4C(COCc5ccccc5)O[C@H](OCCNC(=O)OCc5ccccc5)C(C)[C@H]4C)C(C)[C@H]3C)C(C)[C@H]2C)OC(COCc2ccccc2)[C@@H](C)[C@@H]1C. The smallest absolute Gasteiger partial charge is 0.407 e. The van der Waals surface area contributed by atoms with Crippen LogP contribution in [0, 0.1) is 53.3 Å². The molecule has 0 aromatic heterocycles. The predicted molar refractivity (Wildman–Crippen MR) is 371 cm³/mol. The second-order valence-electron chi connectivity index (χ2n) is 27.1. The normalized spacial score (nSPS) is 32.4. The first kappa shape index (κ1) is 77.6. The van der Waals surface area contributed by atoms with Gasteiger partial charge in [0.05, 0.1) is 83.9 Å². The van der Waals surface area contributed by atoms with E-state index >= 15 is 9.13 Å². The number of hydrogen-bond acceptors (Lipinski definition) is 20. The van der Waals surface area contributed by atoms with Gasteiger partial charge < -0.3 is 66.3 Å². The molecule has 5 aromatic carbocycles. The van der Waals surface area contributed by atoms with Crippen molar-refractivity contribution in [1.82, 2.24) is 5.32 Å². The summed E-state index contributed by atoms with van der Waals surface area (Å²) in [7, 11) is -12.1. The highest BCUT2D eigenvalue weighted by atomic mass is 31.2. The van der Waals surface area contributed by atoms with Crippen molar-refractivity contribution in [2.45, 2.75) is 163 Å². The first-order valence-corrected chi connectivity index (χ1v) is 40.4. The van der Waals surface area contributed by atoms with E-state index in [2.05, 4.69) is 19.2 Å². The molecule has 11 unspecified atom stereocenters. The van der Waals surface area contributed by atoms with Gasteiger partial charge in [-0.05, 0) is 57.4 Å². The van der Waals surface area contributed by atoms with Gasteiger partial charge in [0.25, 0.3) is 0 Å². The van der Waals surface area contributed by atoms with Crippen LogP contribution in [0.15, 0.2) is 152 Å². The molecule has 24 heteroatoms. The molecule has 0 saturated carbocycles. The second-order valence-corrected chi connectivity index (χ2v) is 33.0. The number of carbonyl (C=O) groups excluding carboxylic acids is 1. The standard InChI is InChI=1S/C74H104NO20P3/c1-49-50(2)63(45-80-40-58-28-18-13-19-29-58)86-71(54(49)6)93-96(10,77)91-68-52(4)56(8)73(88-65(68)47-82-42-60-32-22-15-23-33-60)95-98(12,79)92-69-53(5)57(9)72(89-66(69)48-83-43-61-34-24-16-25-35-61)94-97(11,78)90-67-51(3)55(7)70(87-64(67)46-81-41-59-30-20-14-21-31-59)84-39-38-75-74(76)85-44-62-36-26-17-27-37-62/h13-37,49-57,63-73H,38-48H2,1-12H3,(H,75,76)/t49-,50-,51+,52+,53+,54?,55?,56?,57?,63?,64?,65?,66?,67-,68-,69-,70-,71+,72+,73+,96?,97?,98?/m0/s1. The van der Waals surface area contributed by atoms with Gasteiger partial charge in [-0.2, -0.15) is 0 Å². The van der Waals surface area contributed by atoms with Gasteiger partial charge in [-0.3, -0.25) is 27.3 Å². The number of alkyl carbamates (subject to hydrolysis) is 1. The van der Waals surface area contributed by atoms with Crippen molar-refractivity contribution in [3.8, 4) is 0 Å². The minimum absolute atomic E-state index is 0.00636. The third-order valence-electron chi connectivity index (χ3n) is 19.6. The largest absolute Gasteiger partial charge is 0.445 e. The lowest BCUT2D eigenvalue weighted by Crippen LogP contribution is -2.54. The minimum atomic E-state index is -4.12. The summed E-state index contributed by atoms with van der Waals surface area (Å²) in [6.45, 7) is 24.1. The van der Waals surface area contributed by atoms with Crippen molar-refractivity contribution < 1.29 is 93.0 Å². The first-order chi connectivity index (χ1) is 46.9. The Morgan fingerprint density at radius 2 is 0.622 bits per heavy atom. The lowest BCUT2D eigenvalue weighted by molar-refractivity contribution is -0.271. The molecule has 4 saturated heterocycles. The van der Waals surface area contributed by atoms with Crippen molar-refractivity contribution in [1.29, 1.82) is 0 Å². The maximum Gasteiger partial charge on any atom is 0.407 e. The van der Waals surface area contributed by atoms with Crippen molar-refractivity contribution in [2.24, 2.45) is 53.3 Å². The van der Waals surface area contributed by atoms with Crippen LogP contribution in [0.2, 0.25) is 0 Å². The highest BCUT2D eigenvalue weighted by Crippen LogP contribution is 2.58. The summed E-state index contributed by atoms with van der Waals surface area (Å²) in [5, 5.41) is 2.74.